The number of para-hydroxylation sites is 1. The van der Waals surface area contributed by atoms with Crippen molar-refractivity contribution in [3.8, 4) is 18.0 Å². The first-order chi connectivity index (χ1) is 12.0. The summed E-state index contributed by atoms with van der Waals surface area (Å²) in [6, 6.07) is 9.77. The van der Waals surface area contributed by atoms with Gasteiger partial charge in [-0.1, -0.05) is 24.1 Å². The third-order valence-corrected chi connectivity index (χ3v) is 4.57. The molecule has 130 valence electrons. The molecule has 0 saturated heterocycles. The monoisotopic (exact) mass is 357 g/mol. The Balaban J connectivity index is 1.93. The minimum atomic E-state index is -0.466. The molecule has 7 heteroatoms. The smallest absolute Gasteiger partial charge is 0.316 e. The van der Waals surface area contributed by atoms with Crippen molar-refractivity contribution in [3.63, 3.8) is 0 Å². The SMILES string of the molecule is C#CCNC(=O)COC(=O)CSc1c(C)nn(-c2ccccc2)c1C. The van der Waals surface area contributed by atoms with Crippen LogP contribution in [0.25, 0.3) is 5.69 Å². The van der Waals surface area contributed by atoms with Gasteiger partial charge in [0.25, 0.3) is 5.91 Å². The first kappa shape index (κ1) is 18.6. The molecule has 2 rings (SSSR count). The molecule has 25 heavy (non-hydrogen) atoms. The Bertz CT molecular complexity index is 794. The van der Waals surface area contributed by atoms with E-state index in [-0.39, 0.29) is 18.9 Å². The van der Waals surface area contributed by atoms with Crippen molar-refractivity contribution in [2.24, 2.45) is 0 Å². The van der Waals surface area contributed by atoms with Crippen molar-refractivity contribution < 1.29 is 14.3 Å². The van der Waals surface area contributed by atoms with Gasteiger partial charge in [-0.3, -0.25) is 9.59 Å². The molecule has 2 aromatic rings. The van der Waals surface area contributed by atoms with Crippen LogP contribution in [-0.4, -0.2) is 40.6 Å². The number of nitrogens with one attached hydrogen (secondary N) is 1. The van der Waals surface area contributed by atoms with Crippen LogP contribution < -0.4 is 5.32 Å². The van der Waals surface area contributed by atoms with Gasteiger partial charge in [-0.2, -0.15) is 5.10 Å². The van der Waals surface area contributed by atoms with Gasteiger partial charge in [0.2, 0.25) is 0 Å². The van der Waals surface area contributed by atoms with E-state index in [1.165, 1.54) is 11.8 Å². The number of ether oxygens (including phenoxy) is 1. The summed E-state index contributed by atoms with van der Waals surface area (Å²) in [6.45, 7) is 3.63. The number of amides is 1. The van der Waals surface area contributed by atoms with E-state index in [4.69, 9.17) is 11.2 Å². The molecule has 6 nitrogen and oxygen atoms in total. The molecule has 0 aliphatic rings. The second kappa shape index (κ2) is 8.94. The van der Waals surface area contributed by atoms with Gasteiger partial charge < -0.3 is 10.1 Å². The number of carbonyl (C=O) groups excluding carboxylic acids is 2. The molecule has 0 aliphatic heterocycles. The topological polar surface area (TPSA) is 73.2 Å². The predicted octanol–water partition coefficient (Wildman–Crippen LogP) is 1.87. The van der Waals surface area contributed by atoms with Gasteiger partial charge >= 0.3 is 5.97 Å². The number of carbonyl (C=O) groups is 2. The largest absolute Gasteiger partial charge is 0.455 e. The van der Waals surface area contributed by atoms with Crippen LogP contribution in [0.2, 0.25) is 0 Å². The molecular formula is C18H19N3O3S. The van der Waals surface area contributed by atoms with E-state index in [0.29, 0.717) is 0 Å². The second-order valence-electron chi connectivity index (χ2n) is 5.18. The molecule has 0 saturated carbocycles. The van der Waals surface area contributed by atoms with Gasteiger partial charge in [0.1, 0.15) is 0 Å². The molecular weight excluding hydrogens is 338 g/mol. The zero-order valence-electron chi connectivity index (χ0n) is 14.1. The van der Waals surface area contributed by atoms with E-state index in [2.05, 4.69) is 16.3 Å². The fourth-order valence-electron chi connectivity index (χ4n) is 2.18. The highest BCUT2D eigenvalue weighted by Gasteiger charge is 2.15. The fraction of sp³-hybridized carbons (Fsp3) is 0.278. The van der Waals surface area contributed by atoms with Crippen LogP contribution in [0.5, 0.6) is 0 Å². The van der Waals surface area contributed by atoms with E-state index in [9.17, 15) is 9.59 Å². The number of thioether (sulfide) groups is 1. The summed E-state index contributed by atoms with van der Waals surface area (Å²) in [5.41, 5.74) is 2.75. The first-order valence-electron chi connectivity index (χ1n) is 7.63. The lowest BCUT2D eigenvalue weighted by molar-refractivity contribution is -0.145. The van der Waals surface area contributed by atoms with Gasteiger partial charge in [0.15, 0.2) is 6.61 Å². The Labute approximate surface area is 150 Å². The van der Waals surface area contributed by atoms with Gasteiger partial charge in [0.05, 0.1) is 34.3 Å². The normalized spacial score (nSPS) is 10.1. The molecule has 1 amide bonds. The third-order valence-electron chi connectivity index (χ3n) is 3.31. The molecule has 1 aromatic carbocycles. The van der Waals surface area contributed by atoms with E-state index >= 15 is 0 Å². The van der Waals surface area contributed by atoms with Crippen LogP contribution >= 0.6 is 11.8 Å². The standard InChI is InChI=1S/C18H19N3O3S/c1-4-10-19-16(22)11-24-17(23)12-25-18-13(2)20-21(14(18)3)15-8-6-5-7-9-15/h1,5-9H,10-12H2,2-3H3,(H,19,22). The molecule has 1 aromatic heterocycles. The summed E-state index contributed by atoms with van der Waals surface area (Å²) in [4.78, 5) is 24.1. The lowest BCUT2D eigenvalue weighted by Gasteiger charge is -2.06. The number of hydrogen-bond donors (Lipinski definition) is 1. The quantitative estimate of drug-likeness (QED) is 0.465. The summed E-state index contributed by atoms with van der Waals surface area (Å²) >= 11 is 1.34. The van der Waals surface area contributed by atoms with Crippen LogP contribution in [0.3, 0.4) is 0 Å². The fourth-order valence-corrected chi connectivity index (χ4v) is 3.07. The Morgan fingerprint density at radius 3 is 2.72 bits per heavy atom. The van der Waals surface area contributed by atoms with E-state index < -0.39 is 11.9 Å². The van der Waals surface area contributed by atoms with Crippen LogP contribution in [0.15, 0.2) is 35.2 Å². The van der Waals surface area contributed by atoms with Gasteiger partial charge in [-0.25, -0.2) is 4.68 Å². The minimum Gasteiger partial charge on any atom is -0.455 e. The number of rotatable bonds is 7. The molecule has 0 bridgehead atoms. The lowest BCUT2D eigenvalue weighted by Crippen LogP contribution is -2.29. The molecule has 0 radical (unpaired) electrons. The first-order valence-corrected chi connectivity index (χ1v) is 8.61. The van der Waals surface area contributed by atoms with E-state index in [0.717, 1.165) is 22.0 Å². The Morgan fingerprint density at radius 1 is 1.32 bits per heavy atom. The van der Waals surface area contributed by atoms with Crippen molar-refractivity contribution in [3.05, 3.63) is 41.7 Å². The summed E-state index contributed by atoms with van der Waals surface area (Å²) in [7, 11) is 0. The number of benzene rings is 1. The molecule has 0 aliphatic carbocycles. The second-order valence-corrected chi connectivity index (χ2v) is 6.16. The van der Waals surface area contributed by atoms with Gasteiger partial charge in [0, 0.05) is 0 Å². The van der Waals surface area contributed by atoms with Crippen molar-refractivity contribution in [1.82, 2.24) is 15.1 Å². The zero-order valence-corrected chi connectivity index (χ0v) is 14.9. The Morgan fingerprint density at radius 2 is 2.04 bits per heavy atom. The summed E-state index contributed by atoms with van der Waals surface area (Å²) in [5.74, 6) is 1.50. The van der Waals surface area contributed by atoms with Crippen LogP contribution in [0.1, 0.15) is 11.4 Å². The van der Waals surface area contributed by atoms with Crippen LogP contribution in [0.4, 0.5) is 0 Å². The predicted molar refractivity (Wildman–Crippen MR) is 96.6 cm³/mol. The average Bonchev–Trinajstić information content (AvgIpc) is 2.91. The Hall–Kier alpha value is -2.72. The minimum absolute atomic E-state index is 0.102. The maximum atomic E-state index is 11.8. The third kappa shape index (κ3) is 5.13. The van der Waals surface area contributed by atoms with Gasteiger partial charge in [-0.05, 0) is 26.0 Å². The van der Waals surface area contributed by atoms with Crippen molar-refractivity contribution in [2.75, 3.05) is 18.9 Å². The summed E-state index contributed by atoms with van der Waals surface area (Å²) < 4.78 is 6.77. The maximum Gasteiger partial charge on any atom is 0.316 e. The van der Waals surface area contributed by atoms with Crippen LogP contribution in [0, 0.1) is 26.2 Å². The number of nitrogens with zero attached hydrogens (tertiary/aromatic N) is 2. The number of terminal acetylenes is 1. The highest BCUT2D eigenvalue weighted by atomic mass is 32.2. The molecule has 0 fully saturated rings. The number of esters is 1. The number of aromatic nitrogens is 2. The highest BCUT2D eigenvalue weighted by Crippen LogP contribution is 2.27. The molecule has 0 atom stereocenters. The van der Waals surface area contributed by atoms with Crippen molar-refractivity contribution in [2.45, 2.75) is 18.7 Å². The zero-order chi connectivity index (χ0) is 18.2. The lowest BCUT2D eigenvalue weighted by atomic mass is 10.3. The molecule has 1 N–H and O–H groups in total. The molecule has 1 heterocycles. The van der Waals surface area contributed by atoms with E-state index in [1.54, 1.807) is 0 Å². The Kier molecular flexibility index (Phi) is 6.66. The van der Waals surface area contributed by atoms with Crippen molar-refractivity contribution >= 4 is 23.6 Å². The maximum absolute atomic E-state index is 11.8. The average molecular weight is 357 g/mol. The van der Waals surface area contributed by atoms with Crippen LogP contribution in [-0.2, 0) is 14.3 Å². The molecule has 0 spiro atoms. The number of aryl methyl sites for hydroxylation is 1. The number of hydrogen-bond acceptors (Lipinski definition) is 5. The van der Waals surface area contributed by atoms with Crippen molar-refractivity contribution in [1.29, 1.82) is 0 Å². The highest BCUT2D eigenvalue weighted by molar-refractivity contribution is 8.00. The molecule has 0 unspecified atom stereocenters. The van der Waals surface area contributed by atoms with E-state index in [1.807, 2.05) is 48.9 Å². The van der Waals surface area contributed by atoms with Gasteiger partial charge in [-0.15, -0.1) is 18.2 Å². The summed E-state index contributed by atoms with van der Waals surface area (Å²) in [6.07, 6.45) is 5.03. The summed E-state index contributed by atoms with van der Waals surface area (Å²) in [5, 5.41) is 6.96.